The highest BCUT2D eigenvalue weighted by atomic mass is 35.5. The Morgan fingerprint density at radius 2 is 2.29 bits per heavy atom. The first kappa shape index (κ1) is 9.24. The van der Waals surface area contributed by atoms with Gasteiger partial charge in [0.2, 0.25) is 0 Å². The Labute approximate surface area is 86.9 Å². The van der Waals surface area contributed by atoms with Crippen LogP contribution in [0.3, 0.4) is 0 Å². The van der Waals surface area contributed by atoms with E-state index in [1.807, 2.05) is 24.3 Å². The molecule has 1 unspecified atom stereocenters. The molecule has 72 valence electrons. The SMILES string of the molecule is NC(c1cccc(Cl)c1)c1ncc[nH]1. The maximum absolute atomic E-state index is 5.98. The van der Waals surface area contributed by atoms with E-state index in [-0.39, 0.29) is 6.04 Å². The summed E-state index contributed by atoms with van der Waals surface area (Å²) < 4.78 is 0. The Morgan fingerprint density at radius 3 is 2.93 bits per heavy atom. The van der Waals surface area contributed by atoms with E-state index < -0.39 is 0 Å². The van der Waals surface area contributed by atoms with Gasteiger partial charge in [-0.15, -0.1) is 0 Å². The molecule has 0 fully saturated rings. The van der Waals surface area contributed by atoms with E-state index in [4.69, 9.17) is 17.3 Å². The zero-order chi connectivity index (χ0) is 9.97. The van der Waals surface area contributed by atoms with Crippen molar-refractivity contribution in [2.24, 2.45) is 5.73 Å². The van der Waals surface area contributed by atoms with Gasteiger partial charge in [-0.05, 0) is 17.7 Å². The molecule has 0 radical (unpaired) electrons. The lowest BCUT2D eigenvalue weighted by molar-refractivity contribution is 0.801. The van der Waals surface area contributed by atoms with Crippen molar-refractivity contribution in [3.05, 3.63) is 53.1 Å². The minimum Gasteiger partial charge on any atom is -0.347 e. The average Bonchev–Trinajstić information content (AvgIpc) is 2.69. The molecule has 0 saturated heterocycles. The second kappa shape index (κ2) is 3.82. The van der Waals surface area contributed by atoms with E-state index in [2.05, 4.69) is 9.97 Å². The van der Waals surface area contributed by atoms with Gasteiger partial charge in [-0.1, -0.05) is 23.7 Å². The topological polar surface area (TPSA) is 54.7 Å². The summed E-state index contributed by atoms with van der Waals surface area (Å²) in [5.74, 6) is 0.743. The summed E-state index contributed by atoms with van der Waals surface area (Å²) in [5, 5.41) is 0.685. The summed E-state index contributed by atoms with van der Waals surface area (Å²) in [6.45, 7) is 0. The molecule has 2 aromatic rings. The first-order valence-electron chi connectivity index (χ1n) is 4.27. The summed E-state index contributed by atoms with van der Waals surface area (Å²) in [7, 11) is 0. The second-order valence-electron chi connectivity index (χ2n) is 3.01. The van der Waals surface area contributed by atoms with Gasteiger partial charge in [-0.25, -0.2) is 4.98 Å². The van der Waals surface area contributed by atoms with Crippen LogP contribution in [-0.4, -0.2) is 9.97 Å². The van der Waals surface area contributed by atoms with Crippen LogP contribution in [0.1, 0.15) is 17.4 Å². The predicted octanol–water partition coefficient (Wildman–Crippen LogP) is 2.11. The smallest absolute Gasteiger partial charge is 0.127 e. The van der Waals surface area contributed by atoms with Crippen molar-refractivity contribution in [1.82, 2.24) is 9.97 Å². The summed E-state index contributed by atoms with van der Waals surface area (Å²) >= 11 is 5.86. The summed E-state index contributed by atoms with van der Waals surface area (Å²) in [6, 6.07) is 7.22. The number of H-pyrrole nitrogens is 1. The molecule has 1 aromatic heterocycles. The Bertz CT molecular complexity index is 411. The van der Waals surface area contributed by atoms with Gasteiger partial charge in [-0.2, -0.15) is 0 Å². The molecule has 0 amide bonds. The van der Waals surface area contributed by atoms with Crippen LogP contribution in [-0.2, 0) is 0 Å². The summed E-state index contributed by atoms with van der Waals surface area (Å²) in [5.41, 5.74) is 6.93. The standard InChI is InChI=1S/C10H10ClN3/c11-8-3-1-2-7(6-8)9(12)10-13-4-5-14-10/h1-6,9H,12H2,(H,13,14). The van der Waals surface area contributed by atoms with E-state index in [1.54, 1.807) is 12.4 Å². The van der Waals surface area contributed by atoms with Crippen LogP contribution in [0.25, 0.3) is 0 Å². The molecule has 4 heteroatoms. The van der Waals surface area contributed by atoms with Crippen molar-refractivity contribution in [2.45, 2.75) is 6.04 Å². The molecule has 0 aliphatic rings. The van der Waals surface area contributed by atoms with Crippen molar-refractivity contribution in [2.75, 3.05) is 0 Å². The van der Waals surface area contributed by atoms with E-state index >= 15 is 0 Å². The number of rotatable bonds is 2. The maximum atomic E-state index is 5.98. The number of aromatic nitrogens is 2. The molecule has 0 aliphatic heterocycles. The number of hydrogen-bond donors (Lipinski definition) is 2. The minimum absolute atomic E-state index is 0.247. The van der Waals surface area contributed by atoms with Crippen LogP contribution >= 0.6 is 11.6 Å². The minimum atomic E-state index is -0.247. The first-order chi connectivity index (χ1) is 6.77. The van der Waals surface area contributed by atoms with Gasteiger partial charge >= 0.3 is 0 Å². The van der Waals surface area contributed by atoms with Crippen molar-refractivity contribution in [3.8, 4) is 0 Å². The van der Waals surface area contributed by atoms with E-state index in [9.17, 15) is 0 Å². The van der Waals surface area contributed by atoms with Crippen LogP contribution in [0.2, 0.25) is 5.02 Å². The van der Waals surface area contributed by atoms with Gasteiger partial charge in [0.1, 0.15) is 5.82 Å². The van der Waals surface area contributed by atoms with Gasteiger partial charge in [0.05, 0.1) is 6.04 Å². The number of aromatic amines is 1. The van der Waals surface area contributed by atoms with Gasteiger partial charge in [0.25, 0.3) is 0 Å². The number of hydrogen-bond acceptors (Lipinski definition) is 2. The molecule has 14 heavy (non-hydrogen) atoms. The molecular formula is C10H10ClN3. The van der Waals surface area contributed by atoms with Gasteiger partial charge in [0.15, 0.2) is 0 Å². The largest absolute Gasteiger partial charge is 0.347 e. The van der Waals surface area contributed by atoms with E-state index in [1.165, 1.54) is 0 Å². The number of benzene rings is 1. The fourth-order valence-electron chi connectivity index (χ4n) is 1.31. The number of nitrogens with one attached hydrogen (secondary N) is 1. The van der Waals surface area contributed by atoms with Crippen LogP contribution in [0.15, 0.2) is 36.7 Å². The normalized spacial score (nSPS) is 12.7. The van der Waals surface area contributed by atoms with Crippen LogP contribution in [0.5, 0.6) is 0 Å². The van der Waals surface area contributed by atoms with Crippen LogP contribution in [0.4, 0.5) is 0 Å². The lowest BCUT2D eigenvalue weighted by Crippen LogP contribution is -2.13. The van der Waals surface area contributed by atoms with Crippen molar-refractivity contribution >= 4 is 11.6 Å². The number of imidazole rings is 1. The molecular weight excluding hydrogens is 198 g/mol. The third-order valence-electron chi connectivity index (χ3n) is 2.02. The molecule has 0 spiro atoms. The Kier molecular flexibility index (Phi) is 2.52. The molecule has 3 nitrogen and oxygen atoms in total. The highest BCUT2D eigenvalue weighted by Gasteiger charge is 2.10. The van der Waals surface area contributed by atoms with Crippen molar-refractivity contribution in [3.63, 3.8) is 0 Å². The Hall–Kier alpha value is -1.32. The maximum Gasteiger partial charge on any atom is 0.127 e. The monoisotopic (exact) mass is 207 g/mol. The molecule has 1 heterocycles. The zero-order valence-corrected chi connectivity index (χ0v) is 8.20. The molecule has 0 saturated carbocycles. The van der Waals surface area contributed by atoms with Crippen molar-refractivity contribution < 1.29 is 0 Å². The van der Waals surface area contributed by atoms with E-state index in [0.717, 1.165) is 11.4 Å². The average molecular weight is 208 g/mol. The van der Waals surface area contributed by atoms with Gasteiger partial charge < -0.3 is 10.7 Å². The van der Waals surface area contributed by atoms with Crippen LogP contribution in [0, 0.1) is 0 Å². The quantitative estimate of drug-likeness (QED) is 0.793. The van der Waals surface area contributed by atoms with Crippen LogP contribution < -0.4 is 5.73 Å². The first-order valence-corrected chi connectivity index (χ1v) is 4.65. The van der Waals surface area contributed by atoms with E-state index in [0.29, 0.717) is 5.02 Å². The number of nitrogens with two attached hydrogens (primary N) is 1. The molecule has 1 aromatic carbocycles. The predicted molar refractivity (Wildman–Crippen MR) is 56.1 cm³/mol. The zero-order valence-electron chi connectivity index (χ0n) is 7.44. The molecule has 0 aliphatic carbocycles. The van der Waals surface area contributed by atoms with Gasteiger partial charge in [-0.3, -0.25) is 0 Å². The summed E-state index contributed by atoms with van der Waals surface area (Å²) in [6.07, 6.45) is 3.43. The molecule has 3 N–H and O–H groups in total. The molecule has 2 rings (SSSR count). The second-order valence-corrected chi connectivity index (χ2v) is 3.44. The third-order valence-corrected chi connectivity index (χ3v) is 2.26. The fraction of sp³-hybridized carbons (Fsp3) is 0.100. The lowest BCUT2D eigenvalue weighted by atomic mass is 10.1. The fourth-order valence-corrected chi connectivity index (χ4v) is 1.50. The number of nitrogens with zero attached hydrogens (tertiary/aromatic N) is 1. The van der Waals surface area contributed by atoms with Gasteiger partial charge in [0, 0.05) is 17.4 Å². The number of halogens is 1. The van der Waals surface area contributed by atoms with Crippen molar-refractivity contribution in [1.29, 1.82) is 0 Å². The Balaban J connectivity index is 2.32. The molecule has 0 bridgehead atoms. The highest BCUT2D eigenvalue weighted by Crippen LogP contribution is 2.19. The molecule has 1 atom stereocenters. The summed E-state index contributed by atoms with van der Waals surface area (Å²) in [4.78, 5) is 7.07. The third kappa shape index (κ3) is 1.78. The Morgan fingerprint density at radius 1 is 1.43 bits per heavy atom. The highest BCUT2D eigenvalue weighted by molar-refractivity contribution is 6.30. The lowest BCUT2D eigenvalue weighted by Gasteiger charge is -2.08.